The van der Waals surface area contributed by atoms with Crippen molar-refractivity contribution < 1.29 is 4.74 Å². The monoisotopic (exact) mass is 438 g/mol. The number of rotatable bonds is 8. The van der Waals surface area contributed by atoms with Crippen molar-refractivity contribution in [3.8, 4) is 0 Å². The van der Waals surface area contributed by atoms with Gasteiger partial charge in [-0.1, -0.05) is 0 Å². The SMILES string of the molecule is COCCNC(=S)NCC1CC2CCN1CC2CN1CCN(C2CCCCN2)CC1. The molecule has 30 heavy (non-hydrogen) atoms. The fourth-order valence-corrected chi connectivity index (χ4v) is 6.13. The lowest BCUT2D eigenvalue weighted by Crippen LogP contribution is -2.60. The molecule has 0 aliphatic carbocycles. The minimum Gasteiger partial charge on any atom is -0.383 e. The lowest BCUT2D eigenvalue weighted by Gasteiger charge is -2.51. The lowest BCUT2D eigenvalue weighted by molar-refractivity contribution is -0.0201. The lowest BCUT2D eigenvalue weighted by atomic mass is 9.75. The summed E-state index contributed by atoms with van der Waals surface area (Å²) in [7, 11) is 1.72. The topological polar surface area (TPSA) is 55.0 Å². The van der Waals surface area contributed by atoms with E-state index in [2.05, 4.69) is 30.7 Å². The van der Waals surface area contributed by atoms with Gasteiger partial charge in [0.2, 0.25) is 0 Å². The number of nitrogens with one attached hydrogen (secondary N) is 3. The Kier molecular flexibility index (Phi) is 8.60. The minimum absolute atomic E-state index is 0.636. The first-order chi connectivity index (χ1) is 14.7. The molecule has 3 N–H and O–H groups in total. The van der Waals surface area contributed by atoms with Crippen molar-refractivity contribution in [1.82, 2.24) is 30.7 Å². The largest absolute Gasteiger partial charge is 0.383 e. The molecule has 5 aliphatic rings. The summed E-state index contributed by atoms with van der Waals surface area (Å²) in [4.78, 5) is 8.16. The number of nitrogens with zero attached hydrogens (tertiary/aromatic N) is 3. The normalized spacial score (nSPS) is 35.3. The highest BCUT2D eigenvalue weighted by molar-refractivity contribution is 7.80. The van der Waals surface area contributed by atoms with Gasteiger partial charge in [-0.05, 0) is 69.2 Å². The van der Waals surface area contributed by atoms with E-state index in [1.54, 1.807) is 7.11 Å². The average molecular weight is 439 g/mol. The molecule has 5 rings (SSSR count). The van der Waals surface area contributed by atoms with E-state index in [1.807, 2.05) is 0 Å². The molecule has 5 atom stereocenters. The van der Waals surface area contributed by atoms with Crippen LogP contribution in [0.1, 0.15) is 32.1 Å². The second kappa shape index (κ2) is 11.4. The van der Waals surface area contributed by atoms with Crippen molar-refractivity contribution in [2.75, 3.05) is 79.2 Å². The van der Waals surface area contributed by atoms with Crippen molar-refractivity contribution in [1.29, 1.82) is 0 Å². The summed E-state index contributed by atoms with van der Waals surface area (Å²) in [6.07, 6.45) is 7.42. The molecule has 0 aromatic heterocycles. The van der Waals surface area contributed by atoms with Crippen LogP contribution in [0.15, 0.2) is 0 Å². The van der Waals surface area contributed by atoms with E-state index in [0.29, 0.717) is 18.8 Å². The van der Waals surface area contributed by atoms with E-state index in [-0.39, 0.29) is 0 Å². The number of methoxy groups -OCH3 is 1. The molecule has 2 bridgehead atoms. The molecule has 0 saturated carbocycles. The molecule has 5 aliphatic heterocycles. The molecular weight excluding hydrogens is 396 g/mol. The van der Waals surface area contributed by atoms with Crippen molar-refractivity contribution in [2.45, 2.75) is 44.3 Å². The third kappa shape index (κ3) is 6.04. The Labute approximate surface area is 188 Å². The van der Waals surface area contributed by atoms with Crippen LogP contribution in [0.5, 0.6) is 0 Å². The van der Waals surface area contributed by atoms with Gasteiger partial charge in [-0.25, -0.2) is 0 Å². The van der Waals surface area contributed by atoms with Gasteiger partial charge in [-0.2, -0.15) is 0 Å². The first kappa shape index (κ1) is 22.7. The van der Waals surface area contributed by atoms with Crippen LogP contribution < -0.4 is 16.0 Å². The fourth-order valence-electron chi connectivity index (χ4n) is 5.94. The first-order valence-corrected chi connectivity index (χ1v) is 12.6. The summed E-state index contributed by atoms with van der Waals surface area (Å²) in [5.74, 6) is 1.73. The molecule has 0 radical (unpaired) electrons. The molecule has 7 nitrogen and oxygen atoms in total. The molecule has 172 valence electrons. The van der Waals surface area contributed by atoms with Gasteiger partial charge in [0, 0.05) is 65.5 Å². The highest BCUT2D eigenvalue weighted by Gasteiger charge is 2.40. The van der Waals surface area contributed by atoms with E-state index in [1.165, 1.54) is 84.5 Å². The highest BCUT2D eigenvalue weighted by Crippen LogP contribution is 2.36. The predicted molar refractivity (Wildman–Crippen MR) is 126 cm³/mol. The minimum atomic E-state index is 0.636. The Bertz CT molecular complexity index is 538. The van der Waals surface area contributed by atoms with E-state index < -0.39 is 0 Å². The summed E-state index contributed by atoms with van der Waals surface area (Å²) >= 11 is 5.40. The van der Waals surface area contributed by atoms with Crippen molar-refractivity contribution in [3.63, 3.8) is 0 Å². The highest BCUT2D eigenvalue weighted by atomic mass is 32.1. The van der Waals surface area contributed by atoms with Gasteiger partial charge in [-0.15, -0.1) is 0 Å². The first-order valence-electron chi connectivity index (χ1n) is 12.2. The summed E-state index contributed by atoms with van der Waals surface area (Å²) in [6, 6.07) is 0.636. The number of fused-ring (bicyclic) bond motifs is 3. The van der Waals surface area contributed by atoms with Crippen LogP contribution in [-0.2, 0) is 4.74 Å². The van der Waals surface area contributed by atoms with Crippen molar-refractivity contribution in [2.24, 2.45) is 11.8 Å². The quantitative estimate of drug-likeness (QED) is 0.375. The third-order valence-corrected chi connectivity index (χ3v) is 8.02. The predicted octanol–water partition coefficient (Wildman–Crippen LogP) is 0.525. The van der Waals surface area contributed by atoms with Crippen LogP contribution in [0, 0.1) is 11.8 Å². The Morgan fingerprint density at radius 3 is 2.63 bits per heavy atom. The van der Waals surface area contributed by atoms with Crippen LogP contribution in [0.2, 0.25) is 0 Å². The number of piperidine rings is 4. The van der Waals surface area contributed by atoms with Gasteiger partial charge < -0.3 is 25.6 Å². The second-order valence-corrected chi connectivity index (χ2v) is 10.0. The average Bonchev–Trinajstić information content (AvgIpc) is 2.80. The van der Waals surface area contributed by atoms with Gasteiger partial charge in [0.1, 0.15) is 0 Å². The van der Waals surface area contributed by atoms with E-state index in [4.69, 9.17) is 17.0 Å². The zero-order valence-electron chi connectivity index (χ0n) is 18.8. The summed E-state index contributed by atoms with van der Waals surface area (Å²) in [5.41, 5.74) is 0. The molecule has 5 heterocycles. The van der Waals surface area contributed by atoms with Crippen LogP contribution >= 0.6 is 12.2 Å². The van der Waals surface area contributed by atoms with Crippen molar-refractivity contribution in [3.05, 3.63) is 0 Å². The van der Waals surface area contributed by atoms with Gasteiger partial charge in [-0.3, -0.25) is 9.80 Å². The van der Waals surface area contributed by atoms with Crippen LogP contribution in [0.3, 0.4) is 0 Å². The standard InChI is InChI=1S/C22H42N6OS/c1-29-13-7-24-22(30)25-15-20-14-18-5-8-28(20)17-19(18)16-26-9-11-27(12-10-26)21-4-2-3-6-23-21/h18-21,23H,2-17H2,1H3,(H2,24,25,30). The van der Waals surface area contributed by atoms with Gasteiger partial charge in [0.15, 0.2) is 5.11 Å². The van der Waals surface area contributed by atoms with Crippen LogP contribution in [0.4, 0.5) is 0 Å². The van der Waals surface area contributed by atoms with Crippen molar-refractivity contribution >= 4 is 17.3 Å². The molecule has 5 saturated heterocycles. The summed E-state index contributed by atoms with van der Waals surface area (Å²) in [5, 5.41) is 11.1. The molecule has 0 aromatic rings. The molecular formula is C22H42N6OS. The maximum Gasteiger partial charge on any atom is 0.166 e. The second-order valence-electron chi connectivity index (χ2n) is 9.63. The molecule has 5 unspecified atom stereocenters. The molecule has 8 heteroatoms. The number of hydrogen-bond acceptors (Lipinski definition) is 6. The number of hydrogen-bond donors (Lipinski definition) is 3. The number of piperazine rings is 1. The molecule has 0 spiro atoms. The zero-order valence-corrected chi connectivity index (χ0v) is 19.6. The van der Waals surface area contributed by atoms with Crippen LogP contribution in [0.25, 0.3) is 0 Å². The summed E-state index contributed by atoms with van der Waals surface area (Å²) < 4.78 is 5.07. The van der Waals surface area contributed by atoms with E-state index >= 15 is 0 Å². The van der Waals surface area contributed by atoms with Crippen LogP contribution in [-0.4, -0.2) is 111 Å². The Morgan fingerprint density at radius 1 is 1.07 bits per heavy atom. The Hall–Kier alpha value is -0.510. The maximum atomic E-state index is 5.40. The van der Waals surface area contributed by atoms with E-state index in [0.717, 1.165) is 30.0 Å². The smallest absolute Gasteiger partial charge is 0.166 e. The molecule has 5 fully saturated rings. The number of ether oxygens (including phenoxy) is 1. The maximum absolute atomic E-state index is 5.40. The molecule has 0 amide bonds. The van der Waals surface area contributed by atoms with Gasteiger partial charge in [0.05, 0.1) is 12.8 Å². The number of thiocarbonyl (C=S) groups is 1. The van der Waals surface area contributed by atoms with Gasteiger partial charge >= 0.3 is 0 Å². The summed E-state index contributed by atoms with van der Waals surface area (Å²) in [6.45, 7) is 12.4. The fraction of sp³-hybridized carbons (Fsp3) is 0.955. The Balaban J connectivity index is 1.16. The molecule has 0 aromatic carbocycles. The zero-order chi connectivity index (χ0) is 20.8. The third-order valence-electron chi connectivity index (χ3n) is 7.73. The van der Waals surface area contributed by atoms with E-state index in [9.17, 15) is 0 Å². The van der Waals surface area contributed by atoms with Gasteiger partial charge in [0.25, 0.3) is 0 Å². The Morgan fingerprint density at radius 2 is 1.93 bits per heavy atom.